The summed E-state index contributed by atoms with van der Waals surface area (Å²) in [6, 6.07) is 17.0. The molecule has 0 unspecified atom stereocenters. The highest BCUT2D eigenvalue weighted by atomic mass is 32.1. The van der Waals surface area contributed by atoms with E-state index in [1.165, 1.54) is 14.6 Å². The van der Waals surface area contributed by atoms with E-state index in [-0.39, 0.29) is 0 Å². The van der Waals surface area contributed by atoms with Gasteiger partial charge < -0.3 is 4.90 Å². The van der Waals surface area contributed by atoms with E-state index < -0.39 is 0 Å². The second-order valence-electron chi connectivity index (χ2n) is 6.86. The lowest BCUT2D eigenvalue weighted by molar-refractivity contribution is 0.959. The number of hydrogen-bond donors (Lipinski definition) is 0. The molecule has 0 fully saturated rings. The van der Waals surface area contributed by atoms with Crippen molar-refractivity contribution in [2.45, 2.75) is 6.92 Å². The number of anilines is 1. The van der Waals surface area contributed by atoms with Crippen LogP contribution in [0.15, 0.2) is 60.6 Å². The summed E-state index contributed by atoms with van der Waals surface area (Å²) in [7, 11) is 2.07. The molecule has 0 aliphatic rings. The third kappa shape index (κ3) is 4.54. The normalized spacial score (nSPS) is 11.3. The van der Waals surface area contributed by atoms with Gasteiger partial charge in [-0.2, -0.15) is 5.26 Å². The molecular weight excluding hydrogens is 438 g/mol. The summed E-state index contributed by atoms with van der Waals surface area (Å²) in [4.78, 5) is 12.5. The molecule has 4 heterocycles. The first-order valence-electron chi connectivity index (χ1n) is 9.82. The average molecular weight is 460 g/mol. The van der Waals surface area contributed by atoms with Gasteiger partial charge in [0.15, 0.2) is 0 Å². The Kier molecular flexibility index (Phi) is 6.47. The molecule has 0 amide bonds. The van der Waals surface area contributed by atoms with Gasteiger partial charge in [-0.3, -0.25) is 4.98 Å². The first-order valence-corrected chi connectivity index (χ1v) is 12.3. The van der Waals surface area contributed by atoms with Crippen LogP contribution in [-0.4, -0.2) is 18.6 Å². The molecule has 0 saturated carbocycles. The largest absolute Gasteiger partial charge is 0.373 e. The van der Waals surface area contributed by atoms with Gasteiger partial charge in [0.1, 0.15) is 6.07 Å². The maximum Gasteiger partial charge on any atom is 0.101 e. The summed E-state index contributed by atoms with van der Waals surface area (Å²) in [5, 5.41) is 11.5. The zero-order chi connectivity index (χ0) is 21.8. The van der Waals surface area contributed by atoms with Crippen LogP contribution < -0.4 is 4.90 Å². The average Bonchev–Trinajstić information content (AvgIpc) is 3.57. The molecular formula is C25H21N3S3. The van der Waals surface area contributed by atoms with Crippen LogP contribution in [0.5, 0.6) is 0 Å². The van der Waals surface area contributed by atoms with Crippen LogP contribution in [0.1, 0.15) is 22.4 Å². The van der Waals surface area contributed by atoms with Crippen LogP contribution in [-0.2, 0) is 0 Å². The quantitative estimate of drug-likeness (QED) is 0.265. The van der Waals surface area contributed by atoms with Crippen molar-refractivity contribution < 1.29 is 0 Å². The van der Waals surface area contributed by atoms with E-state index in [0.717, 1.165) is 33.2 Å². The highest BCUT2D eigenvalue weighted by molar-refractivity contribution is 7.24. The van der Waals surface area contributed by atoms with Crippen molar-refractivity contribution in [1.82, 2.24) is 4.98 Å². The minimum atomic E-state index is 0.705. The van der Waals surface area contributed by atoms with Gasteiger partial charge in [0.25, 0.3) is 0 Å². The maximum absolute atomic E-state index is 9.51. The first kappa shape index (κ1) is 21.3. The fourth-order valence-corrected chi connectivity index (χ4v) is 5.87. The molecule has 154 valence electrons. The monoisotopic (exact) mass is 459 g/mol. The van der Waals surface area contributed by atoms with Gasteiger partial charge in [-0.25, -0.2) is 0 Å². The molecule has 4 aromatic heterocycles. The van der Waals surface area contributed by atoms with E-state index in [1.807, 2.05) is 29.8 Å². The van der Waals surface area contributed by atoms with E-state index in [0.29, 0.717) is 5.57 Å². The van der Waals surface area contributed by atoms with E-state index >= 15 is 0 Å². The van der Waals surface area contributed by atoms with E-state index in [2.05, 4.69) is 66.8 Å². The Hall–Kier alpha value is -2.98. The molecule has 0 N–H and O–H groups in total. The molecule has 31 heavy (non-hydrogen) atoms. The fourth-order valence-electron chi connectivity index (χ4n) is 3.15. The summed E-state index contributed by atoms with van der Waals surface area (Å²) in [5.41, 5.74) is 3.80. The minimum Gasteiger partial charge on any atom is -0.373 e. The van der Waals surface area contributed by atoms with Crippen molar-refractivity contribution in [3.63, 3.8) is 0 Å². The summed E-state index contributed by atoms with van der Waals surface area (Å²) in [5.74, 6) is 0. The van der Waals surface area contributed by atoms with Crippen LogP contribution in [0.2, 0.25) is 0 Å². The number of nitriles is 1. The molecule has 0 aliphatic carbocycles. The van der Waals surface area contributed by atoms with Crippen molar-refractivity contribution in [3.05, 3.63) is 76.1 Å². The van der Waals surface area contributed by atoms with Crippen molar-refractivity contribution in [3.8, 4) is 26.3 Å². The lowest BCUT2D eigenvalue weighted by Crippen LogP contribution is -2.17. The van der Waals surface area contributed by atoms with Crippen LogP contribution in [0.3, 0.4) is 0 Å². The van der Waals surface area contributed by atoms with Gasteiger partial charge in [0.05, 0.1) is 17.0 Å². The van der Waals surface area contributed by atoms with E-state index in [9.17, 15) is 5.26 Å². The van der Waals surface area contributed by atoms with Crippen molar-refractivity contribution in [1.29, 1.82) is 5.26 Å². The Labute approximate surface area is 194 Å². The minimum absolute atomic E-state index is 0.705. The van der Waals surface area contributed by atoms with Gasteiger partial charge in [0.2, 0.25) is 0 Å². The number of nitrogens with zero attached hydrogens (tertiary/aromatic N) is 3. The second-order valence-corrected chi connectivity index (χ2v) is 10.0. The van der Waals surface area contributed by atoms with Crippen molar-refractivity contribution in [2.75, 3.05) is 18.5 Å². The summed E-state index contributed by atoms with van der Waals surface area (Å²) in [6.45, 7) is 6.92. The fraction of sp³-hybridized carbons (Fsp3) is 0.120. The topological polar surface area (TPSA) is 39.9 Å². The Morgan fingerprint density at radius 3 is 2.65 bits per heavy atom. The third-order valence-electron chi connectivity index (χ3n) is 4.93. The lowest BCUT2D eigenvalue weighted by atomic mass is 10.1. The zero-order valence-corrected chi connectivity index (χ0v) is 19.8. The summed E-state index contributed by atoms with van der Waals surface area (Å²) < 4.78 is 0. The molecule has 0 atom stereocenters. The number of aromatic nitrogens is 1. The van der Waals surface area contributed by atoms with Crippen LogP contribution in [0, 0.1) is 11.3 Å². The SMILES string of the molecule is C=Cc1ncc(-c2ccc(-c3ccc(/C=C(\C#N)c4cccs4)s3)s2)cc1N(C)CC. The Morgan fingerprint density at radius 2 is 1.94 bits per heavy atom. The second kappa shape index (κ2) is 9.44. The molecule has 4 rings (SSSR count). The van der Waals surface area contributed by atoms with Crippen molar-refractivity contribution >= 4 is 57.4 Å². The number of thiophene rings is 3. The van der Waals surface area contributed by atoms with Gasteiger partial charge in [0, 0.05) is 49.7 Å². The smallest absolute Gasteiger partial charge is 0.101 e. The number of hydrogen-bond acceptors (Lipinski definition) is 6. The number of rotatable bonds is 7. The standard InChI is InChI=1S/C25H21N3S3/c1-4-20-21(28(3)5-2)14-18(16-27-20)23-10-11-25(31-23)24-9-8-19(30-24)13-17(15-26)22-7-6-12-29-22/h4,6-14,16H,1,5H2,2-3H3/b17-13+. The Morgan fingerprint density at radius 1 is 1.16 bits per heavy atom. The Bertz CT molecular complexity index is 1270. The molecule has 0 radical (unpaired) electrons. The third-order valence-corrected chi connectivity index (χ3v) is 8.20. The predicted molar refractivity (Wildman–Crippen MR) is 138 cm³/mol. The lowest BCUT2D eigenvalue weighted by Gasteiger charge is -2.19. The van der Waals surface area contributed by atoms with Crippen LogP contribution in [0.25, 0.3) is 37.9 Å². The highest BCUT2D eigenvalue weighted by Gasteiger charge is 2.12. The summed E-state index contributed by atoms with van der Waals surface area (Å²) >= 11 is 5.05. The molecule has 0 aliphatic heterocycles. The zero-order valence-electron chi connectivity index (χ0n) is 17.3. The van der Waals surface area contributed by atoms with Crippen LogP contribution >= 0.6 is 34.0 Å². The van der Waals surface area contributed by atoms with Gasteiger partial charge in [-0.15, -0.1) is 34.0 Å². The Balaban J connectivity index is 1.62. The predicted octanol–water partition coefficient (Wildman–Crippen LogP) is 7.76. The van der Waals surface area contributed by atoms with Gasteiger partial charge in [-0.1, -0.05) is 12.6 Å². The molecule has 3 nitrogen and oxygen atoms in total. The molecule has 0 bridgehead atoms. The maximum atomic E-state index is 9.51. The molecule has 4 aromatic rings. The van der Waals surface area contributed by atoms with E-state index in [4.69, 9.17) is 0 Å². The highest BCUT2D eigenvalue weighted by Crippen LogP contribution is 2.39. The van der Waals surface area contributed by atoms with Gasteiger partial charge in [-0.05, 0) is 60.9 Å². The van der Waals surface area contributed by atoms with E-state index in [1.54, 1.807) is 40.1 Å². The number of allylic oxidation sites excluding steroid dienone is 1. The first-order chi connectivity index (χ1) is 15.1. The van der Waals surface area contributed by atoms with Crippen LogP contribution in [0.4, 0.5) is 5.69 Å². The number of pyridine rings is 1. The molecule has 0 saturated heterocycles. The van der Waals surface area contributed by atoms with Gasteiger partial charge >= 0.3 is 0 Å². The van der Waals surface area contributed by atoms with Crippen molar-refractivity contribution in [2.24, 2.45) is 0 Å². The molecule has 0 spiro atoms. The molecule has 6 heteroatoms. The summed E-state index contributed by atoms with van der Waals surface area (Å²) in [6.07, 6.45) is 5.69. The molecule has 0 aromatic carbocycles.